The normalized spacial score (nSPS) is 11.0. The van der Waals surface area contributed by atoms with Gasteiger partial charge in [-0.1, -0.05) is 17.7 Å². The number of carbonyl (C=O) groups excluding carboxylic acids is 1. The summed E-state index contributed by atoms with van der Waals surface area (Å²) in [5.74, 6) is -2.40. The van der Waals surface area contributed by atoms with Crippen molar-refractivity contribution in [2.24, 2.45) is 0 Å². The number of benzene rings is 2. The molecule has 3 rings (SSSR count). The van der Waals surface area contributed by atoms with Gasteiger partial charge in [0, 0.05) is 22.7 Å². The van der Waals surface area contributed by atoms with Gasteiger partial charge in [-0.15, -0.1) is 0 Å². The van der Waals surface area contributed by atoms with E-state index in [2.05, 4.69) is 4.98 Å². The van der Waals surface area contributed by atoms with Crippen LogP contribution in [0.15, 0.2) is 36.5 Å². The summed E-state index contributed by atoms with van der Waals surface area (Å²) in [6, 6.07) is 6.72. The van der Waals surface area contributed by atoms with Crippen molar-refractivity contribution in [2.45, 2.75) is 0 Å². The first-order valence-corrected chi connectivity index (χ1v) is 6.41. The highest BCUT2D eigenvalue weighted by Crippen LogP contribution is 2.29. The minimum atomic E-state index is -0.942. The number of fused-ring (bicyclic) bond motifs is 1. The molecule has 0 amide bonds. The average Bonchev–Trinajstić information content (AvgIpc) is 2.87. The number of hydrogen-bond donors (Lipinski definition) is 2. The second-order valence-corrected chi connectivity index (χ2v) is 4.96. The predicted molar refractivity (Wildman–Crippen MR) is 77.5 cm³/mol. The first-order valence-electron chi connectivity index (χ1n) is 6.04. The van der Waals surface area contributed by atoms with Crippen molar-refractivity contribution in [1.82, 2.24) is 4.98 Å². The molecule has 3 aromatic rings. The molecule has 21 heavy (non-hydrogen) atoms. The Kier molecular flexibility index (Phi) is 3.14. The monoisotopic (exact) mass is 306 g/mol. The molecular formula is C15H9ClF2N2O. The molecule has 0 radical (unpaired) electrons. The van der Waals surface area contributed by atoms with Crippen LogP contribution < -0.4 is 5.73 Å². The van der Waals surface area contributed by atoms with E-state index >= 15 is 0 Å². The zero-order valence-electron chi connectivity index (χ0n) is 10.6. The van der Waals surface area contributed by atoms with Gasteiger partial charge in [0.25, 0.3) is 0 Å². The molecule has 0 aliphatic carbocycles. The van der Waals surface area contributed by atoms with Crippen LogP contribution in [0, 0.1) is 11.6 Å². The summed E-state index contributed by atoms with van der Waals surface area (Å²) in [5, 5.41) is 0.813. The van der Waals surface area contributed by atoms with E-state index in [1.54, 1.807) is 18.2 Å². The third kappa shape index (κ3) is 2.15. The molecule has 0 fully saturated rings. The number of aromatic nitrogens is 1. The molecule has 6 heteroatoms. The van der Waals surface area contributed by atoms with Crippen LogP contribution in [0.4, 0.5) is 14.5 Å². The standard InChI is InChI=1S/C15H9ClF2N2O/c16-10-2-1-3-12-13(10)9(6-20-12)15(21)8-4-7(17)5-11(19)14(8)18/h1-6,20H,19H2. The zero-order chi connectivity index (χ0) is 15.1. The molecule has 3 nitrogen and oxygen atoms in total. The van der Waals surface area contributed by atoms with Crippen LogP contribution in [0.3, 0.4) is 0 Å². The Morgan fingerprint density at radius 2 is 1.95 bits per heavy atom. The van der Waals surface area contributed by atoms with E-state index in [4.69, 9.17) is 17.3 Å². The minimum absolute atomic E-state index is 0.166. The Labute approximate surface area is 123 Å². The number of ketones is 1. The topological polar surface area (TPSA) is 58.9 Å². The minimum Gasteiger partial charge on any atom is -0.396 e. The summed E-state index contributed by atoms with van der Waals surface area (Å²) < 4.78 is 27.3. The molecule has 0 saturated heterocycles. The summed E-state index contributed by atoms with van der Waals surface area (Å²) in [7, 11) is 0. The maximum atomic E-state index is 14.0. The molecule has 0 spiro atoms. The van der Waals surface area contributed by atoms with E-state index in [0.717, 1.165) is 12.1 Å². The maximum Gasteiger partial charge on any atom is 0.198 e. The van der Waals surface area contributed by atoms with Crippen molar-refractivity contribution in [1.29, 1.82) is 0 Å². The molecule has 0 unspecified atom stereocenters. The summed E-state index contributed by atoms with van der Waals surface area (Å²) in [5.41, 5.74) is 5.32. The first kappa shape index (κ1) is 13.6. The number of nitrogen functional groups attached to an aromatic ring is 1. The van der Waals surface area contributed by atoms with Crippen molar-refractivity contribution in [2.75, 3.05) is 5.73 Å². The van der Waals surface area contributed by atoms with Crippen LogP contribution >= 0.6 is 11.6 Å². The number of aromatic amines is 1. The molecule has 3 N–H and O–H groups in total. The van der Waals surface area contributed by atoms with Gasteiger partial charge in [-0.05, 0) is 24.3 Å². The van der Waals surface area contributed by atoms with Crippen LogP contribution in [0.2, 0.25) is 5.02 Å². The van der Waals surface area contributed by atoms with Gasteiger partial charge in [-0.3, -0.25) is 4.79 Å². The smallest absolute Gasteiger partial charge is 0.198 e. The molecule has 106 valence electrons. The lowest BCUT2D eigenvalue weighted by Gasteiger charge is -2.05. The molecule has 0 aliphatic rings. The van der Waals surface area contributed by atoms with E-state index in [9.17, 15) is 13.6 Å². The molecule has 0 saturated carbocycles. The second-order valence-electron chi connectivity index (χ2n) is 4.55. The van der Waals surface area contributed by atoms with Gasteiger partial charge < -0.3 is 10.7 Å². The Balaban J connectivity index is 2.22. The fourth-order valence-corrected chi connectivity index (χ4v) is 2.52. The van der Waals surface area contributed by atoms with Crippen LogP contribution in [-0.4, -0.2) is 10.8 Å². The van der Waals surface area contributed by atoms with Crippen molar-refractivity contribution >= 4 is 34.0 Å². The molecule has 0 aliphatic heterocycles. The third-order valence-corrected chi connectivity index (χ3v) is 3.52. The Morgan fingerprint density at radius 1 is 1.19 bits per heavy atom. The predicted octanol–water partition coefficient (Wildman–Crippen LogP) is 3.91. The Bertz CT molecular complexity index is 873. The lowest BCUT2D eigenvalue weighted by atomic mass is 10.0. The largest absolute Gasteiger partial charge is 0.396 e. The van der Waals surface area contributed by atoms with E-state index in [1.807, 2.05) is 0 Å². The van der Waals surface area contributed by atoms with Crippen molar-refractivity contribution in [3.05, 3.63) is 64.3 Å². The van der Waals surface area contributed by atoms with Gasteiger partial charge >= 0.3 is 0 Å². The van der Waals surface area contributed by atoms with E-state index < -0.39 is 28.7 Å². The summed E-state index contributed by atoms with van der Waals surface area (Å²) >= 11 is 6.07. The number of nitrogens with two attached hydrogens (primary N) is 1. The number of H-pyrrole nitrogens is 1. The number of hydrogen-bond acceptors (Lipinski definition) is 2. The maximum absolute atomic E-state index is 14.0. The number of carbonyl (C=O) groups is 1. The van der Waals surface area contributed by atoms with Gasteiger partial charge in [0.1, 0.15) is 5.82 Å². The van der Waals surface area contributed by atoms with Gasteiger partial charge in [0.2, 0.25) is 0 Å². The molecular weight excluding hydrogens is 298 g/mol. The number of anilines is 1. The summed E-state index contributed by atoms with van der Waals surface area (Å²) in [4.78, 5) is 15.3. The highest BCUT2D eigenvalue weighted by molar-refractivity contribution is 6.37. The van der Waals surface area contributed by atoms with Crippen molar-refractivity contribution in [3.8, 4) is 0 Å². The number of rotatable bonds is 2. The number of halogens is 3. The zero-order valence-corrected chi connectivity index (χ0v) is 11.3. The molecule has 2 aromatic carbocycles. The lowest BCUT2D eigenvalue weighted by molar-refractivity contribution is 0.103. The van der Waals surface area contributed by atoms with Gasteiger partial charge in [0.05, 0.1) is 16.3 Å². The average molecular weight is 307 g/mol. The molecule has 1 heterocycles. The molecule has 0 bridgehead atoms. The van der Waals surface area contributed by atoms with Gasteiger partial charge in [-0.2, -0.15) is 0 Å². The Hall–Kier alpha value is -2.40. The van der Waals surface area contributed by atoms with Crippen LogP contribution in [0.5, 0.6) is 0 Å². The van der Waals surface area contributed by atoms with E-state index in [-0.39, 0.29) is 5.56 Å². The highest BCUT2D eigenvalue weighted by atomic mass is 35.5. The SMILES string of the molecule is Nc1cc(F)cc(C(=O)c2c[nH]c3cccc(Cl)c23)c1F. The van der Waals surface area contributed by atoms with Crippen LogP contribution in [0.1, 0.15) is 15.9 Å². The first-order chi connectivity index (χ1) is 9.99. The fraction of sp³-hybridized carbons (Fsp3) is 0. The summed E-state index contributed by atoms with van der Waals surface area (Å²) in [6.07, 6.45) is 1.42. The van der Waals surface area contributed by atoms with Crippen LogP contribution in [0.25, 0.3) is 10.9 Å². The van der Waals surface area contributed by atoms with Crippen LogP contribution in [-0.2, 0) is 0 Å². The second kappa shape index (κ2) is 4.86. The number of nitrogens with one attached hydrogen (secondary N) is 1. The molecule has 1 aromatic heterocycles. The molecule has 0 atom stereocenters. The highest BCUT2D eigenvalue weighted by Gasteiger charge is 2.21. The van der Waals surface area contributed by atoms with Crippen molar-refractivity contribution in [3.63, 3.8) is 0 Å². The summed E-state index contributed by atoms with van der Waals surface area (Å²) in [6.45, 7) is 0. The van der Waals surface area contributed by atoms with Gasteiger partial charge in [0.15, 0.2) is 11.6 Å². The lowest BCUT2D eigenvalue weighted by Crippen LogP contribution is -2.07. The third-order valence-electron chi connectivity index (χ3n) is 3.21. The van der Waals surface area contributed by atoms with E-state index in [1.165, 1.54) is 6.20 Å². The fourth-order valence-electron chi connectivity index (χ4n) is 2.24. The quantitative estimate of drug-likeness (QED) is 0.557. The van der Waals surface area contributed by atoms with E-state index in [0.29, 0.717) is 15.9 Å². The van der Waals surface area contributed by atoms with Gasteiger partial charge in [-0.25, -0.2) is 8.78 Å². The van der Waals surface area contributed by atoms with Crippen molar-refractivity contribution < 1.29 is 13.6 Å². The Morgan fingerprint density at radius 3 is 2.71 bits per heavy atom.